The van der Waals surface area contributed by atoms with Crippen molar-refractivity contribution in [2.24, 2.45) is 35.1 Å². The number of nitrogens with zero attached hydrogens (tertiary/aromatic N) is 9. The summed E-state index contributed by atoms with van der Waals surface area (Å²) in [6.07, 6.45) is 19.5. The van der Waals surface area contributed by atoms with Crippen molar-refractivity contribution in [3.05, 3.63) is 125 Å². The van der Waals surface area contributed by atoms with Gasteiger partial charge in [0.1, 0.15) is 24.5 Å². The number of hydrogen-bond acceptors (Lipinski definition) is 15. The van der Waals surface area contributed by atoms with Gasteiger partial charge >= 0.3 is 0 Å². The molecule has 0 bridgehead atoms. The number of ether oxygens (including phenoxy) is 2. The van der Waals surface area contributed by atoms with Crippen LogP contribution in [0.3, 0.4) is 0 Å². The fourth-order valence-corrected chi connectivity index (χ4v) is 6.29. The minimum absolute atomic E-state index is 0.704. The molecule has 13 nitrogen and oxygen atoms in total. The van der Waals surface area contributed by atoms with Gasteiger partial charge in [-0.3, -0.25) is 25.0 Å². The van der Waals surface area contributed by atoms with Crippen LogP contribution in [0.1, 0.15) is 266 Å². The molecule has 514 valence electrons. The Balaban J connectivity index is -0.000000112. The predicted octanol–water partition coefficient (Wildman–Crippen LogP) is 23.8. The van der Waals surface area contributed by atoms with Gasteiger partial charge in [0, 0.05) is 53.6 Å². The highest BCUT2D eigenvalue weighted by atomic mass is 32.2. The van der Waals surface area contributed by atoms with Crippen LogP contribution in [0.25, 0.3) is 0 Å². The smallest absolute Gasteiger partial charge is 0.176 e. The zero-order valence-electron chi connectivity index (χ0n) is 64.3. The maximum Gasteiger partial charge on any atom is 0.176 e. The third-order valence-corrected chi connectivity index (χ3v) is 13.5. The van der Waals surface area contributed by atoms with Crippen molar-refractivity contribution in [3.8, 4) is 0 Å². The highest BCUT2D eigenvalue weighted by Gasteiger charge is 2.03. The largest absolute Gasteiger partial charge is 0.479 e. The van der Waals surface area contributed by atoms with Crippen LogP contribution in [0.2, 0.25) is 0 Å². The van der Waals surface area contributed by atoms with Crippen molar-refractivity contribution < 1.29 is 14.3 Å². The van der Waals surface area contributed by atoms with Gasteiger partial charge in [0.05, 0.1) is 43.6 Å². The average Bonchev–Trinajstić information content (AvgIpc) is 4.04. The Hall–Kier alpha value is -5.67. The Morgan fingerprint density at radius 1 is 0.461 bits per heavy atom. The van der Waals surface area contributed by atoms with Crippen LogP contribution in [0.4, 0.5) is 0 Å². The minimum atomic E-state index is 0.704. The molecule has 0 aromatic carbocycles. The molecule has 0 saturated heterocycles. The van der Waals surface area contributed by atoms with Gasteiger partial charge in [-0.1, -0.05) is 165 Å². The first-order chi connectivity index (χ1) is 42.7. The Labute approximate surface area is 560 Å². The first kappa shape index (κ1) is 102. The van der Waals surface area contributed by atoms with Crippen LogP contribution in [0.5, 0.6) is 0 Å². The minimum Gasteiger partial charge on any atom is -0.479 e. The van der Waals surface area contributed by atoms with E-state index in [4.69, 9.17) is 14.3 Å². The lowest BCUT2D eigenvalue weighted by molar-refractivity contribution is 0.221. The van der Waals surface area contributed by atoms with E-state index in [0.717, 1.165) is 66.8 Å². The van der Waals surface area contributed by atoms with Crippen molar-refractivity contribution in [2.45, 2.75) is 269 Å². The molecule has 15 heteroatoms. The molecule has 1 aliphatic carbocycles. The number of aliphatic imine (C=N–C) groups is 6. The third kappa shape index (κ3) is 62.3. The molecule has 1 N–H and O–H groups in total. The fourth-order valence-electron chi connectivity index (χ4n) is 4.95. The van der Waals surface area contributed by atoms with Crippen LogP contribution >= 0.6 is 23.5 Å². The molecule has 8 heterocycles. The SMILES string of the molecule is CC.CC.CC.CC.CC.CC.CC.CC.CC.CC1=C(C)CC=CC1.CC1=C(C)CN=C1.CC1=C(C)N=COC1.CC1=C(C)N=CSC1.CC1=C(C)NC=NC1.CC1=C(C)OC=NC1.CC1=C(C)ON=CC1.CC1=C(C)SC=NC1.Cc1cncnc1C. The zero-order valence-corrected chi connectivity index (χ0v) is 65.9. The van der Waals surface area contributed by atoms with Crippen molar-refractivity contribution >= 4 is 66.2 Å². The van der Waals surface area contributed by atoms with Crippen LogP contribution in [-0.4, -0.2) is 91.2 Å². The third-order valence-electron chi connectivity index (χ3n) is 11.7. The molecule has 0 fully saturated rings. The molecule has 7 aliphatic heterocycles. The second-order valence-electron chi connectivity index (χ2n) is 17.7. The number of rotatable bonds is 0. The summed E-state index contributed by atoms with van der Waals surface area (Å²) in [5.74, 6) is 3.04. The number of aromatic nitrogens is 2. The standard InChI is InChI=1S/C8H12.C6H10N2.C6H8N2.3C6H9NO.2C6H9NS.C6H9N.9C2H6/c1-7-5-3-4-6-8(7)2;2*1-5-3-7-4-8-6(5)2;1-5-3-8-4-7-6(5)2;1-5-3-7-4-8-6(5)2;1-5-3-4-7-8-6(5)2;1-5-3-8-4-7-6(5)2;1-5-3-7-4-8-6(5)2;1-5-3-7-4-6(5)2;9*1-2/h3-4H,5-6H2,1-2H3;4H,3H2,1-2H3,(H,7,8);3-4H,1-2H3;5*4H,3H2,1-2H3;3H,4H2,1-2H3;9*1-2H3. The Morgan fingerprint density at radius 2 is 0.978 bits per heavy atom. The van der Waals surface area contributed by atoms with Gasteiger partial charge in [-0.15, -0.1) is 11.8 Å². The molecule has 9 rings (SSSR count). The van der Waals surface area contributed by atoms with E-state index in [2.05, 4.69) is 125 Å². The first-order valence-corrected chi connectivity index (χ1v) is 34.9. The van der Waals surface area contributed by atoms with Crippen molar-refractivity contribution in [1.29, 1.82) is 0 Å². The summed E-state index contributed by atoms with van der Waals surface area (Å²) >= 11 is 3.47. The number of thioether (sulfide) groups is 2. The van der Waals surface area contributed by atoms with Gasteiger partial charge in [-0.2, -0.15) is 0 Å². The lowest BCUT2D eigenvalue weighted by Crippen LogP contribution is -2.15. The molecule has 8 aliphatic rings. The van der Waals surface area contributed by atoms with E-state index >= 15 is 0 Å². The lowest BCUT2D eigenvalue weighted by Gasteiger charge is -2.08. The van der Waals surface area contributed by atoms with E-state index in [1.807, 2.05) is 210 Å². The quantitative estimate of drug-likeness (QED) is 0.252. The number of hydrogen-bond donors (Lipinski definition) is 1. The highest BCUT2D eigenvalue weighted by Crippen LogP contribution is 2.20. The fraction of sp³-hybridized carbons (Fsp3) is 0.608. The summed E-state index contributed by atoms with van der Waals surface area (Å²) in [5.41, 5.74) is 23.2. The van der Waals surface area contributed by atoms with Gasteiger partial charge in [0.2, 0.25) is 0 Å². The van der Waals surface area contributed by atoms with E-state index in [1.54, 1.807) is 53.6 Å². The maximum absolute atomic E-state index is 4.98. The highest BCUT2D eigenvalue weighted by molar-refractivity contribution is 8.15. The zero-order chi connectivity index (χ0) is 71.1. The van der Waals surface area contributed by atoms with Crippen LogP contribution in [0.15, 0.2) is 149 Å². The second-order valence-corrected chi connectivity index (χ2v) is 19.6. The topological polar surface area (TPSA) is 152 Å². The first-order valence-electron chi connectivity index (χ1n) is 32.9. The summed E-state index contributed by atoms with van der Waals surface area (Å²) in [6, 6.07) is 0. The Kier molecular flexibility index (Phi) is 90.1. The van der Waals surface area contributed by atoms with Crippen molar-refractivity contribution in [2.75, 3.05) is 38.5 Å². The van der Waals surface area contributed by atoms with E-state index in [1.165, 1.54) is 86.5 Å². The van der Waals surface area contributed by atoms with E-state index < -0.39 is 0 Å². The van der Waals surface area contributed by atoms with Crippen molar-refractivity contribution in [3.63, 3.8) is 0 Å². The Bertz CT molecular complexity index is 2050. The number of oxime groups is 1. The summed E-state index contributed by atoms with van der Waals surface area (Å²) in [4.78, 5) is 38.2. The van der Waals surface area contributed by atoms with Gasteiger partial charge in [-0.05, 0) is 193 Å². The maximum atomic E-state index is 4.98. The summed E-state index contributed by atoms with van der Waals surface area (Å²) in [7, 11) is 0. The Morgan fingerprint density at radius 3 is 1.25 bits per heavy atom. The molecule has 89 heavy (non-hydrogen) atoms. The molecule has 0 spiro atoms. The number of aryl methyl sites for hydroxylation is 2. The van der Waals surface area contributed by atoms with Crippen molar-refractivity contribution in [1.82, 2.24) is 15.3 Å². The molecule has 1 aromatic heterocycles. The normalized spacial score (nSPS) is 15.0. The molecule has 0 amide bonds. The van der Waals surface area contributed by atoms with Gasteiger partial charge in [0.15, 0.2) is 12.8 Å². The van der Waals surface area contributed by atoms with E-state index in [0.29, 0.717) is 6.61 Å². The predicted molar refractivity (Wildman–Crippen MR) is 414 cm³/mol. The molecular weight excluding hydrogens is 1140 g/mol. The molecule has 1 aromatic rings. The number of nitrogens with one attached hydrogen (secondary N) is 1. The van der Waals surface area contributed by atoms with Gasteiger partial charge in [-0.25, -0.2) is 15.0 Å². The molecule has 0 saturated carbocycles. The second kappa shape index (κ2) is 78.4. The average molecular weight is 1280 g/mol. The van der Waals surface area contributed by atoms with Gasteiger partial charge < -0.3 is 19.6 Å². The number of allylic oxidation sites excluding steroid dienone is 12. The van der Waals surface area contributed by atoms with Crippen LogP contribution in [0, 0.1) is 13.8 Å². The summed E-state index contributed by atoms with van der Waals surface area (Å²) in [5, 5.41) is 6.65. The van der Waals surface area contributed by atoms with E-state index in [-0.39, 0.29) is 0 Å². The van der Waals surface area contributed by atoms with Crippen LogP contribution < -0.4 is 5.32 Å². The molecule has 0 radical (unpaired) electrons. The summed E-state index contributed by atoms with van der Waals surface area (Å²) in [6.45, 7) is 77.3. The lowest BCUT2D eigenvalue weighted by atomic mass is 10.0. The molecule has 0 atom stereocenters. The van der Waals surface area contributed by atoms with E-state index in [9.17, 15) is 0 Å². The van der Waals surface area contributed by atoms with Crippen LogP contribution in [-0.2, 0) is 14.3 Å². The molecule has 0 unspecified atom stereocenters. The summed E-state index contributed by atoms with van der Waals surface area (Å²) < 4.78 is 9.88. The molecular formula is C74H138N10O3S2. The van der Waals surface area contributed by atoms with Gasteiger partial charge in [0.25, 0.3) is 0 Å². The monoisotopic (exact) mass is 1280 g/mol.